The van der Waals surface area contributed by atoms with E-state index in [0.29, 0.717) is 11.5 Å². The maximum absolute atomic E-state index is 12.6. The summed E-state index contributed by atoms with van der Waals surface area (Å²) >= 11 is 5.81. The number of benzene rings is 2. The molecule has 1 atom stereocenters. The van der Waals surface area contributed by atoms with Crippen LogP contribution in [0.2, 0.25) is 5.02 Å². The van der Waals surface area contributed by atoms with Gasteiger partial charge < -0.3 is 9.47 Å². The first-order chi connectivity index (χ1) is 10.8. The summed E-state index contributed by atoms with van der Waals surface area (Å²) in [6, 6.07) is 9.04. The number of halogens is 4. The molecular weight excluding hydrogens is 333 g/mol. The van der Waals surface area contributed by atoms with E-state index in [0.717, 1.165) is 18.2 Å². The second-order valence-corrected chi connectivity index (χ2v) is 5.00. The topological polar surface area (TPSA) is 35.5 Å². The molecule has 2 aromatic rings. The highest BCUT2D eigenvalue weighted by atomic mass is 35.5. The molecule has 0 aliphatic carbocycles. The van der Waals surface area contributed by atoms with Crippen molar-refractivity contribution in [1.29, 1.82) is 0 Å². The van der Waals surface area contributed by atoms with Crippen LogP contribution in [-0.4, -0.2) is 12.4 Å². The van der Waals surface area contributed by atoms with Crippen molar-refractivity contribution in [1.82, 2.24) is 0 Å². The molecule has 23 heavy (non-hydrogen) atoms. The molecule has 0 saturated carbocycles. The van der Waals surface area contributed by atoms with Gasteiger partial charge in [-0.2, -0.15) is 13.2 Å². The van der Waals surface area contributed by atoms with Gasteiger partial charge in [-0.1, -0.05) is 11.6 Å². The average Bonchev–Trinajstić information content (AvgIpc) is 2.50. The van der Waals surface area contributed by atoms with E-state index in [2.05, 4.69) is 0 Å². The Hall–Kier alpha value is -2.21. The van der Waals surface area contributed by atoms with Gasteiger partial charge in [0.05, 0.1) is 10.6 Å². The molecular formula is C16H11ClF3O3. The summed E-state index contributed by atoms with van der Waals surface area (Å²) in [5.74, 6) is 0.899. The molecule has 0 fully saturated rings. The molecule has 0 N–H and O–H groups in total. The summed E-state index contributed by atoms with van der Waals surface area (Å²) in [7, 11) is 0. The van der Waals surface area contributed by atoms with Crippen molar-refractivity contribution in [2.45, 2.75) is 19.2 Å². The monoisotopic (exact) mass is 343 g/mol. The first-order valence-corrected chi connectivity index (χ1v) is 6.86. The van der Waals surface area contributed by atoms with Gasteiger partial charge in [0.2, 0.25) is 6.29 Å². The Kier molecular flexibility index (Phi) is 5.15. The van der Waals surface area contributed by atoms with Crippen LogP contribution in [0.4, 0.5) is 13.2 Å². The molecule has 0 spiro atoms. The third-order valence-corrected chi connectivity index (χ3v) is 3.08. The zero-order valence-electron chi connectivity index (χ0n) is 11.9. The van der Waals surface area contributed by atoms with Crippen molar-refractivity contribution in [3.63, 3.8) is 0 Å². The highest BCUT2D eigenvalue weighted by Gasteiger charge is 2.31. The lowest BCUT2D eigenvalue weighted by Gasteiger charge is -2.12. The molecule has 3 nitrogen and oxygen atoms in total. The van der Waals surface area contributed by atoms with Crippen LogP contribution < -0.4 is 9.47 Å². The SMILES string of the molecule is CC([C]=O)Oc1ccc(Oc2ccc(C(F)(F)F)cc2Cl)cc1. The fraction of sp³-hybridized carbons (Fsp3) is 0.188. The average molecular weight is 344 g/mol. The number of rotatable bonds is 5. The number of carbonyl (C=O) groups excluding carboxylic acids is 1. The van der Waals surface area contributed by atoms with E-state index < -0.39 is 17.8 Å². The van der Waals surface area contributed by atoms with E-state index in [9.17, 15) is 18.0 Å². The van der Waals surface area contributed by atoms with Gasteiger partial charge in [-0.3, -0.25) is 4.79 Å². The molecule has 0 aromatic heterocycles. The van der Waals surface area contributed by atoms with Crippen LogP contribution >= 0.6 is 11.6 Å². The maximum atomic E-state index is 12.6. The Morgan fingerprint density at radius 1 is 1.09 bits per heavy atom. The smallest absolute Gasteiger partial charge is 0.416 e. The van der Waals surface area contributed by atoms with Gasteiger partial charge in [0, 0.05) is 0 Å². The normalized spacial score (nSPS) is 12.6. The summed E-state index contributed by atoms with van der Waals surface area (Å²) in [4.78, 5) is 10.4. The summed E-state index contributed by atoms with van der Waals surface area (Å²) in [6.45, 7) is 1.54. The van der Waals surface area contributed by atoms with Crippen LogP contribution in [0.1, 0.15) is 12.5 Å². The molecule has 0 amide bonds. The number of ether oxygens (including phenoxy) is 2. The fourth-order valence-corrected chi connectivity index (χ4v) is 1.92. The van der Waals surface area contributed by atoms with Gasteiger partial charge in [-0.05, 0) is 49.4 Å². The predicted molar refractivity (Wildman–Crippen MR) is 78.8 cm³/mol. The molecule has 1 unspecified atom stereocenters. The van der Waals surface area contributed by atoms with E-state index >= 15 is 0 Å². The summed E-state index contributed by atoms with van der Waals surface area (Å²) in [5.41, 5.74) is -0.849. The zero-order chi connectivity index (χ0) is 17.0. The second-order valence-electron chi connectivity index (χ2n) is 4.59. The molecule has 0 aliphatic heterocycles. The van der Waals surface area contributed by atoms with Crippen molar-refractivity contribution in [2.75, 3.05) is 0 Å². The highest BCUT2D eigenvalue weighted by Crippen LogP contribution is 2.36. The van der Waals surface area contributed by atoms with Gasteiger partial charge >= 0.3 is 6.18 Å². The lowest BCUT2D eigenvalue weighted by atomic mass is 10.2. The largest absolute Gasteiger partial charge is 0.482 e. The van der Waals surface area contributed by atoms with Gasteiger partial charge in [-0.15, -0.1) is 0 Å². The minimum atomic E-state index is -4.46. The molecule has 0 saturated heterocycles. The van der Waals surface area contributed by atoms with Crippen molar-refractivity contribution >= 4 is 17.9 Å². The zero-order valence-corrected chi connectivity index (χ0v) is 12.6. The van der Waals surface area contributed by atoms with E-state index in [-0.39, 0.29) is 10.8 Å². The van der Waals surface area contributed by atoms with Gasteiger partial charge in [0.25, 0.3) is 0 Å². The van der Waals surface area contributed by atoms with Crippen LogP contribution in [-0.2, 0) is 11.0 Å². The summed E-state index contributed by atoms with van der Waals surface area (Å²) in [5, 5.41) is -0.149. The Balaban J connectivity index is 2.12. The summed E-state index contributed by atoms with van der Waals surface area (Å²) < 4.78 is 48.3. The summed E-state index contributed by atoms with van der Waals surface area (Å²) in [6.07, 6.45) is -3.49. The van der Waals surface area contributed by atoms with Crippen LogP contribution in [0, 0.1) is 0 Å². The number of hydrogen-bond donors (Lipinski definition) is 0. The molecule has 7 heteroatoms. The minimum absolute atomic E-state index is 0.0999. The standard InChI is InChI=1S/C16H11ClF3O3/c1-10(9-21)22-12-3-5-13(6-4-12)23-15-7-2-11(8-14(15)17)16(18,19)20/h2-8,10H,1H3. The predicted octanol–water partition coefficient (Wildman–Crippen LogP) is 5.03. The second kappa shape index (κ2) is 6.91. The van der Waals surface area contributed by atoms with Crippen LogP contribution in [0.15, 0.2) is 42.5 Å². The van der Waals surface area contributed by atoms with Gasteiger partial charge in [0.1, 0.15) is 17.2 Å². The molecule has 0 aliphatic rings. The van der Waals surface area contributed by atoms with Crippen molar-refractivity contribution in [3.8, 4) is 17.2 Å². The van der Waals surface area contributed by atoms with Crippen LogP contribution in [0.3, 0.4) is 0 Å². The van der Waals surface area contributed by atoms with Gasteiger partial charge in [-0.25, -0.2) is 0 Å². The quantitative estimate of drug-likeness (QED) is 0.764. The Morgan fingerprint density at radius 3 is 2.22 bits per heavy atom. The lowest BCUT2D eigenvalue weighted by Crippen LogP contribution is -2.12. The number of alkyl halides is 3. The van der Waals surface area contributed by atoms with Crippen LogP contribution in [0.5, 0.6) is 17.2 Å². The molecule has 0 bridgehead atoms. The fourth-order valence-electron chi connectivity index (χ4n) is 1.70. The third-order valence-electron chi connectivity index (χ3n) is 2.79. The van der Waals surface area contributed by atoms with E-state index in [1.54, 1.807) is 37.5 Å². The molecule has 2 rings (SSSR count). The van der Waals surface area contributed by atoms with E-state index in [4.69, 9.17) is 21.1 Å². The highest BCUT2D eigenvalue weighted by molar-refractivity contribution is 6.32. The first kappa shape index (κ1) is 17.1. The van der Waals surface area contributed by atoms with Crippen molar-refractivity contribution in [3.05, 3.63) is 53.1 Å². The maximum Gasteiger partial charge on any atom is 0.416 e. The van der Waals surface area contributed by atoms with E-state index in [1.807, 2.05) is 0 Å². The minimum Gasteiger partial charge on any atom is -0.482 e. The molecule has 121 valence electrons. The molecule has 1 radical (unpaired) electrons. The van der Waals surface area contributed by atoms with Crippen molar-refractivity contribution in [2.24, 2.45) is 0 Å². The Morgan fingerprint density at radius 2 is 1.70 bits per heavy atom. The molecule has 0 heterocycles. The third kappa shape index (κ3) is 4.63. The Labute approximate surface area is 135 Å². The first-order valence-electron chi connectivity index (χ1n) is 6.48. The number of hydrogen-bond acceptors (Lipinski definition) is 3. The molecule has 2 aromatic carbocycles. The van der Waals surface area contributed by atoms with Crippen LogP contribution in [0.25, 0.3) is 0 Å². The van der Waals surface area contributed by atoms with E-state index in [1.165, 1.54) is 0 Å². The Bertz CT molecular complexity index is 684. The van der Waals surface area contributed by atoms with Crippen molar-refractivity contribution < 1.29 is 27.4 Å². The van der Waals surface area contributed by atoms with Gasteiger partial charge in [0.15, 0.2) is 6.10 Å². The lowest BCUT2D eigenvalue weighted by molar-refractivity contribution is -0.137.